The van der Waals surface area contributed by atoms with E-state index < -0.39 is 0 Å². The van der Waals surface area contributed by atoms with Crippen molar-refractivity contribution in [2.45, 2.75) is 32.4 Å². The van der Waals surface area contributed by atoms with Gasteiger partial charge < -0.3 is 14.1 Å². The van der Waals surface area contributed by atoms with Gasteiger partial charge in [-0.15, -0.1) is 0 Å². The highest BCUT2D eigenvalue weighted by molar-refractivity contribution is 5.91. The summed E-state index contributed by atoms with van der Waals surface area (Å²) in [6, 6.07) is 3.88. The molecule has 4 heteroatoms. The fourth-order valence-corrected chi connectivity index (χ4v) is 2.10. The van der Waals surface area contributed by atoms with Gasteiger partial charge in [-0.3, -0.25) is 4.79 Å². The minimum atomic E-state index is -0.0460. The predicted octanol–water partition coefficient (Wildman–Crippen LogP) is 2.10. The number of nitrogens with zero attached hydrogens (tertiary/aromatic N) is 1. The van der Waals surface area contributed by atoms with Crippen LogP contribution in [0.25, 0.3) is 0 Å². The molecule has 1 fully saturated rings. The molecule has 2 rings (SSSR count). The Kier molecular flexibility index (Phi) is 3.01. The Morgan fingerprint density at radius 3 is 2.75 bits per heavy atom. The van der Waals surface area contributed by atoms with E-state index in [1.807, 2.05) is 18.0 Å². The van der Waals surface area contributed by atoms with Crippen molar-refractivity contribution in [2.24, 2.45) is 0 Å². The van der Waals surface area contributed by atoms with Crippen LogP contribution in [0.1, 0.15) is 30.8 Å². The summed E-state index contributed by atoms with van der Waals surface area (Å²) in [4.78, 5) is 13.2. The number of carbonyl (C=O) groups is 1. The molecule has 16 heavy (non-hydrogen) atoms. The molecule has 0 saturated carbocycles. The van der Waals surface area contributed by atoms with Gasteiger partial charge in [0.05, 0.1) is 12.1 Å². The van der Waals surface area contributed by atoms with Crippen LogP contribution in [0.3, 0.4) is 0 Å². The second-order valence-corrected chi connectivity index (χ2v) is 4.24. The molecule has 2 heterocycles. The molecule has 1 aromatic heterocycles. The number of furan rings is 1. The highest BCUT2D eigenvalue weighted by atomic mass is 16.5. The minimum Gasteiger partial charge on any atom is -0.437 e. The normalized spacial score (nSPS) is 24.7. The van der Waals surface area contributed by atoms with Crippen LogP contribution in [0.5, 0.6) is 0 Å². The van der Waals surface area contributed by atoms with Crippen molar-refractivity contribution in [1.82, 2.24) is 0 Å². The zero-order valence-corrected chi connectivity index (χ0v) is 9.90. The molecular formula is C12H17NO3. The first-order valence-corrected chi connectivity index (χ1v) is 5.55. The van der Waals surface area contributed by atoms with Gasteiger partial charge in [-0.25, -0.2) is 0 Å². The third-order valence-corrected chi connectivity index (χ3v) is 3.12. The van der Waals surface area contributed by atoms with Gasteiger partial charge in [0.1, 0.15) is 0 Å². The molecule has 0 N–H and O–H groups in total. The number of rotatable bonds is 3. The molecule has 4 nitrogen and oxygen atoms in total. The van der Waals surface area contributed by atoms with Crippen LogP contribution in [0.15, 0.2) is 16.5 Å². The van der Waals surface area contributed by atoms with Crippen molar-refractivity contribution in [3.8, 4) is 0 Å². The lowest BCUT2D eigenvalue weighted by Crippen LogP contribution is -2.36. The highest BCUT2D eigenvalue weighted by Gasteiger charge is 2.29. The van der Waals surface area contributed by atoms with Gasteiger partial charge in [-0.2, -0.15) is 0 Å². The van der Waals surface area contributed by atoms with E-state index >= 15 is 0 Å². The average molecular weight is 223 g/mol. The number of hydrogen-bond acceptors (Lipinski definition) is 4. The molecule has 0 spiro atoms. The molecule has 1 aliphatic heterocycles. The van der Waals surface area contributed by atoms with Gasteiger partial charge >= 0.3 is 0 Å². The second kappa shape index (κ2) is 4.29. The molecule has 0 amide bonds. The summed E-state index contributed by atoms with van der Waals surface area (Å²) in [5, 5.41) is 0. The number of Topliss-reactive ketones (excluding diaryl/α,β-unsaturated/α-hetero) is 1. The smallest absolute Gasteiger partial charge is 0.196 e. The second-order valence-electron chi connectivity index (χ2n) is 4.24. The van der Waals surface area contributed by atoms with Gasteiger partial charge in [0.2, 0.25) is 0 Å². The number of anilines is 1. The van der Waals surface area contributed by atoms with Crippen molar-refractivity contribution < 1.29 is 13.9 Å². The third kappa shape index (κ3) is 1.97. The topological polar surface area (TPSA) is 42.7 Å². The van der Waals surface area contributed by atoms with E-state index in [-0.39, 0.29) is 11.9 Å². The number of ether oxygens (including phenoxy) is 1. The van der Waals surface area contributed by atoms with Crippen LogP contribution < -0.4 is 4.90 Å². The van der Waals surface area contributed by atoms with Crippen molar-refractivity contribution in [2.75, 3.05) is 18.6 Å². The lowest BCUT2D eigenvalue weighted by atomic mass is 10.1. The Bertz CT molecular complexity index is 385. The van der Waals surface area contributed by atoms with Gasteiger partial charge in [0, 0.05) is 26.6 Å². The third-order valence-electron chi connectivity index (χ3n) is 3.12. The molecule has 0 bridgehead atoms. The maximum atomic E-state index is 11.1. The van der Waals surface area contributed by atoms with E-state index in [9.17, 15) is 4.79 Å². The molecular weight excluding hydrogens is 206 g/mol. The number of hydrogen-bond donors (Lipinski definition) is 0. The number of likely N-dealkylation sites (N-methyl/N-ethyl adjacent to an activating group) is 1. The van der Waals surface area contributed by atoms with E-state index in [0.717, 1.165) is 18.9 Å². The fraction of sp³-hybridized carbons (Fsp3) is 0.583. The predicted molar refractivity (Wildman–Crippen MR) is 60.9 cm³/mol. The molecule has 0 aromatic carbocycles. The highest BCUT2D eigenvalue weighted by Crippen LogP contribution is 2.25. The zero-order valence-electron chi connectivity index (χ0n) is 9.90. The van der Waals surface area contributed by atoms with Crippen LogP contribution in [0.2, 0.25) is 0 Å². The van der Waals surface area contributed by atoms with E-state index in [4.69, 9.17) is 9.15 Å². The molecule has 0 radical (unpaired) electrons. The van der Waals surface area contributed by atoms with Crippen molar-refractivity contribution in [1.29, 1.82) is 0 Å². The number of ketones is 1. The van der Waals surface area contributed by atoms with Gasteiger partial charge in [0.15, 0.2) is 17.4 Å². The largest absolute Gasteiger partial charge is 0.437 e. The summed E-state index contributed by atoms with van der Waals surface area (Å²) in [7, 11) is 1.97. The summed E-state index contributed by atoms with van der Waals surface area (Å²) < 4.78 is 11.0. The van der Waals surface area contributed by atoms with E-state index in [0.29, 0.717) is 11.8 Å². The Labute approximate surface area is 95.2 Å². The van der Waals surface area contributed by atoms with Gasteiger partial charge in [-0.05, 0) is 19.4 Å². The first-order chi connectivity index (χ1) is 7.59. The monoisotopic (exact) mass is 223 g/mol. The van der Waals surface area contributed by atoms with Crippen LogP contribution in [0, 0.1) is 0 Å². The summed E-state index contributed by atoms with van der Waals surface area (Å²) in [5.74, 6) is 1.09. The van der Waals surface area contributed by atoms with Crippen molar-refractivity contribution >= 4 is 11.7 Å². The molecule has 1 saturated heterocycles. The summed E-state index contributed by atoms with van der Waals surface area (Å²) in [6.45, 7) is 4.35. The summed E-state index contributed by atoms with van der Waals surface area (Å²) in [6.07, 6.45) is 1.20. The van der Waals surface area contributed by atoms with Crippen LogP contribution in [-0.4, -0.2) is 31.6 Å². The first-order valence-electron chi connectivity index (χ1n) is 5.55. The fourth-order valence-electron chi connectivity index (χ4n) is 2.10. The van der Waals surface area contributed by atoms with E-state index in [1.165, 1.54) is 6.92 Å². The average Bonchev–Trinajstić information content (AvgIpc) is 2.84. The Morgan fingerprint density at radius 1 is 1.50 bits per heavy atom. The molecule has 2 atom stereocenters. The first kappa shape index (κ1) is 11.2. The van der Waals surface area contributed by atoms with E-state index in [2.05, 4.69) is 6.92 Å². The quantitative estimate of drug-likeness (QED) is 0.736. The van der Waals surface area contributed by atoms with Crippen LogP contribution in [-0.2, 0) is 4.74 Å². The van der Waals surface area contributed by atoms with Crippen molar-refractivity contribution in [3.05, 3.63) is 17.9 Å². The molecule has 1 aliphatic rings. The summed E-state index contributed by atoms with van der Waals surface area (Å²) >= 11 is 0. The van der Waals surface area contributed by atoms with Crippen LogP contribution in [0.4, 0.5) is 5.88 Å². The van der Waals surface area contributed by atoms with Crippen LogP contribution >= 0.6 is 0 Å². The molecule has 88 valence electrons. The standard InChI is InChI=1S/C12H17NO3/c1-8(14)11-4-5-12(16-11)13(3)10-6-7-15-9(10)2/h4-5,9-10H,6-7H2,1-3H3. The molecule has 1 aromatic rings. The minimum absolute atomic E-state index is 0.0460. The Balaban J connectivity index is 2.13. The lowest BCUT2D eigenvalue weighted by molar-refractivity contribution is 0.0987. The zero-order chi connectivity index (χ0) is 11.7. The maximum absolute atomic E-state index is 11.1. The van der Waals surface area contributed by atoms with Crippen molar-refractivity contribution in [3.63, 3.8) is 0 Å². The SMILES string of the molecule is CC(=O)c1ccc(N(C)C2CCOC2C)o1. The lowest BCUT2D eigenvalue weighted by Gasteiger charge is -2.26. The molecule has 0 aliphatic carbocycles. The Hall–Kier alpha value is -1.29. The van der Waals surface area contributed by atoms with E-state index in [1.54, 1.807) is 6.07 Å². The maximum Gasteiger partial charge on any atom is 0.196 e. The number of carbonyl (C=O) groups excluding carboxylic acids is 1. The van der Waals surface area contributed by atoms with Gasteiger partial charge in [-0.1, -0.05) is 0 Å². The van der Waals surface area contributed by atoms with Gasteiger partial charge in [0.25, 0.3) is 0 Å². The molecule has 2 unspecified atom stereocenters. The Morgan fingerprint density at radius 2 is 2.25 bits per heavy atom. The summed E-state index contributed by atoms with van der Waals surface area (Å²) in [5.41, 5.74) is 0.